The molecular weight excluding hydrogens is 372 g/mol. The number of anilines is 1. The molecule has 0 aromatic heterocycles. The number of halogens is 1. The predicted octanol–water partition coefficient (Wildman–Crippen LogP) is 2.36. The molecule has 2 aliphatic rings. The van der Waals surface area contributed by atoms with Gasteiger partial charge in [0.05, 0.1) is 30.3 Å². The van der Waals surface area contributed by atoms with E-state index in [2.05, 4.69) is 4.99 Å². The fraction of sp³-hybridized carbons (Fsp3) is 0.467. The predicted molar refractivity (Wildman–Crippen MR) is 97.0 cm³/mol. The summed E-state index contributed by atoms with van der Waals surface area (Å²) in [5.41, 5.74) is 0.629. The molecule has 9 heteroatoms. The van der Waals surface area contributed by atoms with Crippen molar-refractivity contribution in [3.8, 4) is 5.75 Å². The van der Waals surface area contributed by atoms with Gasteiger partial charge in [0.25, 0.3) is 0 Å². The Morgan fingerprint density at radius 3 is 2.88 bits per heavy atom. The van der Waals surface area contributed by atoms with E-state index in [1.807, 2.05) is 0 Å². The van der Waals surface area contributed by atoms with Crippen LogP contribution in [-0.4, -0.2) is 49.4 Å². The minimum atomic E-state index is -3.11. The third-order valence-electron chi connectivity index (χ3n) is 3.99. The number of ether oxygens (including phenoxy) is 1. The van der Waals surface area contributed by atoms with E-state index in [0.717, 1.165) is 0 Å². The monoisotopic (exact) mass is 388 g/mol. The number of amidine groups is 1. The number of rotatable bonds is 3. The molecule has 2 aliphatic heterocycles. The maximum Gasteiger partial charge on any atom is 0.247 e. The number of thioether (sulfide) groups is 1. The summed E-state index contributed by atoms with van der Waals surface area (Å²) < 4.78 is 29.4. The molecular formula is C15H17ClN2O4S2. The number of hydrogen-bond donors (Lipinski definition) is 0. The van der Waals surface area contributed by atoms with Crippen molar-refractivity contribution in [2.24, 2.45) is 4.99 Å². The Bertz CT molecular complexity index is 810. The molecule has 1 aromatic rings. The van der Waals surface area contributed by atoms with Crippen LogP contribution in [0.15, 0.2) is 23.2 Å². The summed E-state index contributed by atoms with van der Waals surface area (Å²) in [7, 11) is -1.58. The number of fused-ring (bicyclic) bond motifs is 1. The summed E-state index contributed by atoms with van der Waals surface area (Å²) >= 11 is 7.45. The minimum absolute atomic E-state index is 0.0275. The molecule has 3 rings (SSSR count). The van der Waals surface area contributed by atoms with E-state index in [4.69, 9.17) is 16.3 Å². The number of benzene rings is 1. The molecule has 0 bridgehead atoms. The highest BCUT2D eigenvalue weighted by Gasteiger charge is 2.50. The van der Waals surface area contributed by atoms with Crippen molar-refractivity contribution in [2.75, 3.05) is 23.5 Å². The summed E-state index contributed by atoms with van der Waals surface area (Å²) in [5, 5.41) is 0.857. The molecule has 2 fully saturated rings. The van der Waals surface area contributed by atoms with Gasteiger partial charge in [-0.2, -0.15) is 4.99 Å². The number of nitrogens with zero attached hydrogens (tertiary/aromatic N) is 2. The minimum Gasteiger partial charge on any atom is -0.495 e. The van der Waals surface area contributed by atoms with Crippen LogP contribution in [-0.2, 0) is 14.6 Å². The molecule has 1 amide bonds. The smallest absolute Gasteiger partial charge is 0.247 e. The molecule has 0 N–H and O–H groups in total. The number of aliphatic imine (C=N–C) groups is 1. The molecule has 0 radical (unpaired) electrons. The quantitative estimate of drug-likeness (QED) is 0.791. The molecule has 1 aromatic carbocycles. The lowest BCUT2D eigenvalue weighted by Crippen LogP contribution is -2.38. The van der Waals surface area contributed by atoms with Gasteiger partial charge in [-0.15, -0.1) is 0 Å². The lowest BCUT2D eigenvalue weighted by atomic mass is 10.2. The van der Waals surface area contributed by atoms with E-state index < -0.39 is 9.84 Å². The van der Waals surface area contributed by atoms with Crippen molar-refractivity contribution < 1.29 is 17.9 Å². The molecule has 2 saturated heterocycles. The Labute approximate surface area is 150 Å². The van der Waals surface area contributed by atoms with Crippen LogP contribution in [0.2, 0.25) is 5.02 Å². The zero-order valence-electron chi connectivity index (χ0n) is 13.2. The second-order valence-corrected chi connectivity index (χ2v) is 9.42. The zero-order valence-corrected chi connectivity index (χ0v) is 15.6. The van der Waals surface area contributed by atoms with E-state index in [1.54, 1.807) is 30.0 Å². The Morgan fingerprint density at radius 2 is 2.21 bits per heavy atom. The highest BCUT2D eigenvalue weighted by molar-refractivity contribution is 8.16. The Balaban J connectivity index is 2.10. The van der Waals surface area contributed by atoms with E-state index in [-0.39, 0.29) is 35.1 Å². The number of methoxy groups -OCH3 is 1. The van der Waals surface area contributed by atoms with Crippen molar-refractivity contribution in [3.05, 3.63) is 23.2 Å². The largest absolute Gasteiger partial charge is 0.495 e. The number of carbonyl (C=O) groups excluding carboxylic acids is 1. The van der Waals surface area contributed by atoms with Crippen LogP contribution in [0, 0.1) is 0 Å². The molecule has 0 spiro atoms. The van der Waals surface area contributed by atoms with Crippen LogP contribution in [0.25, 0.3) is 0 Å². The van der Waals surface area contributed by atoms with Gasteiger partial charge in [-0.3, -0.25) is 4.79 Å². The molecule has 2 heterocycles. The SMILES string of the molecule is CCC(=O)N=C1SC2CS(=O)(=O)CC2N1c1cc(Cl)ccc1OC. The zero-order chi connectivity index (χ0) is 17.5. The van der Waals surface area contributed by atoms with Crippen LogP contribution in [0.5, 0.6) is 5.75 Å². The van der Waals surface area contributed by atoms with Crippen LogP contribution < -0.4 is 9.64 Å². The van der Waals surface area contributed by atoms with E-state index in [1.165, 1.54) is 18.9 Å². The van der Waals surface area contributed by atoms with Crippen LogP contribution >= 0.6 is 23.4 Å². The first-order valence-electron chi connectivity index (χ1n) is 7.46. The average Bonchev–Trinajstić information content (AvgIpc) is 2.97. The van der Waals surface area contributed by atoms with Gasteiger partial charge in [0, 0.05) is 16.7 Å². The summed E-state index contributed by atoms with van der Waals surface area (Å²) in [5.74, 6) is 0.425. The number of amides is 1. The highest BCUT2D eigenvalue weighted by Crippen LogP contribution is 2.44. The lowest BCUT2D eigenvalue weighted by Gasteiger charge is -2.26. The van der Waals surface area contributed by atoms with E-state index in [0.29, 0.717) is 21.6 Å². The van der Waals surface area contributed by atoms with Gasteiger partial charge in [0.1, 0.15) is 5.75 Å². The Hall–Kier alpha value is -1.25. The van der Waals surface area contributed by atoms with Gasteiger partial charge >= 0.3 is 0 Å². The standard InChI is InChI=1S/C15H17ClN2O4S2/c1-3-14(19)17-15-18(10-6-9(16)4-5-12(10)22-2)11-7-24(20,21)8-13(11)23-15/h4-6,11,13H,3,7-8H2,1-2H3. The average molecular weight is 389 g/mol. The van der Waals surface area contributed by atoms with Crippen LogP contribution in [0.1, 0.15) is 13.3 Å². The third-order valence-corrected chi connectivity index (χ3v) is 7.43. The molecule has 0 saturated carbocycles. The summed E-state index contributed by atoms with van der Waals surface area (Å²) in [6, 6.07) is 4.85. The molecule has 2 atom stereocenters. The third kappa shape index (κ3) is 3.27. The molecule has 6 nitrogen and oxygen atoms in total. The lowest BCUT2D eigenvalue weighted by molar-refractivity contribution is -0.117. The first-order chi connectivity index (χ1) is 11.3. The van der Waals surface area contributed by atoms with E-state index >= 15 is 0 Å². The van der Waals surface area contributed by atoms with Gasteiger partial charge < -0.3 is 9.64 Å². The maximum absolute atomic E-state index is 12.0. The topological polar surface area (TPSA) is 76.0 Å². The molecule has 2 unspecified atom stereocenters. The first kappa shape index (κ1) is 17.6. The highest BCUT2D eigenvalue weighted by atomic mass is 35.5. The van der Waals surface area contributed by atoms with Crippen molar-refractivity contribution in [3.63, 3.8) is 0 Å². The van der Waals surface area contributed by atoms with Gasteiger partial charge in [0.15, 0.2) is 15.0 Å². The second-order valence-electron chi connectivity index (χ2n) is 5.63. The van der Waals surface area contributed by atoms with Crippen molar-refractivity contribution in [1.82, 2.24) is 0 Å². The normalized spacial score (nSPS) is 26.6. The van der Waals surface area contributed by atoms with Crippen LogP contribution in [0.4, 0.5) is 5.69 Å². The van der Waals surface area contributed by atoms with Crippen molar-refractivity contribution in [2.45, 2.75) is 24.6 Å². The molecule has 0 aliphatic carbocycles. The fourth-order valence-corrected chi connectivity index (χ4v) is 6.97. The molecule has 130 valence electrons. The number of sulfone groups is 1. The fourth-order valence-electron chi connectivity index (χ4n) is 2.88. The first-order valence-corrected chi connectivity index (χ1v) is 10.5. The number of hydrogen-bond acceptors (Lipinski definition) is 5. The van der Waals surface area contributed by atoms with Gasteiger partial charge in [-0.25, -0.2) is 8.42 Å². The van der Waals surface area contributed by atoms with Gasteiger partial charge in [-0.05, 0) is 18.2 Å². The van der Waals surface area contributed by atoms with Gasteiger partial charge in [-0.1, -0.05) is 30.3 Å². The Kier molecular flexibility index (Phi) is 4.81. The van der Waals surface area contributed by atoms with Crippen LogP contribution in [0.3, 0.4) is 0 Å². The van der Waals surface area contributed by atoms with Gasteiger partial charge in [0.2, 0.25) is 5.91 Å². The van der Waals surface area contributed by atoms with E-state index in [9.17, 15) is 13.2 Å². The molecule has 24 heavy (non-hydrogen) atoms. The summed E-state index contributed by atoms with van der Waals surface area (Å²) in [6.45, 7) is 1.74. The van der Waals surface area contributed by atoms with Crippen molar-refractivity contribution in [1.29, 1.82) is 0 Å². The second kappa shape index (κ2) is 6.57. The summed E-state index contributed by atoms with van der Waals surface area (Å²) in [4.78, 5) is 17.8. The Morgan fingerprint density at radius 1 is 1.46 bits per heavy atom. The summed E-state index contributed by atoms with van der Waals surface area (Å²) in [6.07, 6.45) is 0.290. The number of carbonyl (C=O) groups is 1. The van der Waals surface area contributed by atoms with Crippen molar-refractivity contribution >= 4 is 50.0 Å². The maximum atomic E-state index is 12.0.